The van der Waals surface area contributed by atoms with E-state index in [1.165, 1.54) is 0 Å². The number of nitrogens with zero attached hydrogens (tertiary/aromatic N) is 1. The third-order valence-corrected chi connectivity index (χ3v) is 7.15. The van der Waals surface area contributed by atoms with E-state index in [1.807, 2.05) is 56.3 Å². The summed E-state index contributed by atoms with van der Waals surface area (Å²) in [6.07, 6.45) is 12.8. The van der Waals surface area contributed by atoms with Crippen LogP contribution in [0.15, 0.2) is 66.9 Å². The molecule has 48 heavy (non-hydrogen) atoms. The number of hydrogen-bond acceptors (Lipinski definition) is 8. The largest absolute Gasteiger partial charge is 0.379 e. The Morgan fingerprint density at radius 3 is 2.12 bits per heavy atom. The number of carbonyl (C=O) groups is 4. The van der Waals surface area contributed by atoms with Crippen LogP contribution in [0, 0.1) is 5.92 Å². The molecule has 0 spiro atoms. The molecule has 1 aliphatic rings. The zero-order valence-corrected chi connectivity index (χ0v) is 28.3. The van der Waals surface area contributed by atoms with Crippen LogP contribution in [-0.2, 0) is 44.7 Å². The van der Waals surface area contributed by atoms with Gasteiger partial charge in [0.25, 0.3) is 0 Å². The molecular weight excluding hydrogens is 616 g/mol. The van der Waals surface area contributed by atoms with E-state index in [9.17, 15) is 19.2 Å². The minimum atomic E-state index is -0.694. The van der Waals surface area contributed by atoms with Gasteiger partial charge in [-0.15, -0.1) is 0 Å². The summed E-state index contributed by atoms with van der Waals surface area (Å²) in [6.45, 7) is 11.1. The van der Waals surface area contributed by atoms with E-state index in [-0.39, 0.29) is 49.5 Å². The monoisotopic (exact) mass is 668 g/mol. The highest BCUT2D eigenvalue weighted by atomic mass is 16.6. The van der Waals surface area contributed by atoms with E-state index in [0.717, 1.165) is 17.5 Å². The fourth-order valence-corrected chi connectivity index (χ4v) is 4.49. The fourth-order valence-electron chi connectivity index (χ4n) is 4.49. The van der Waals surface area contributed by atoms with Gasteiger partial charge in [0.05, 0.1) is 59.4 Å². The topological polar surface area (TPSA) is 159 Å². The molecular formula is C36H52N4O8. The molecule has 4 N–H and O–H groups in total. The normalized spacial score (nSPS) is 15.8. The maximum Gasteiger partial charge on any atom is 0.240 e. The fraction of sp³-hybridized carbons (Fsp3) is 0.500. The van der Waals surface area contributed by atoms with Gasteiger partial charge in [0.1, 0.15) is 6.04 Å². The third-order valence-electron chi connectivity index (χ3n) is 7.15. The molecule has 0 bridgehead atoms. The van der Waals surface area contributed by atoms with Gasteiger partial charge in [-0.05, 0) is 29.5 Å². The zero-order chi connectivity index (χ0) is 35.0. The van der Waals surface area contributed by atoms with Gasteiger partial charge >= 0.3 is 0 Å². The summed E-state index contributed by atoms with van der Waals surface area (Å²) in [7, 11) is 0. The number of ether oxygens (including phenoxy) is 4. The summed E-state index contributed by atoms with van der Waals surface area (Å²) in [5, 5.41) is 5.39. The maximum atomic E-state index is 13.2. The maximum absolute atomic E-state index is 13.2. The van der Waals surface area contributed by atoms with Gasteiger partial charge in [-0.25, -0.2) is 0 Å². The Morgan fingerprint density at radius 1 is 0.812 bits per heavy atom. The highest BCUT2D eigenvalue weighted by molar-refractivity contribution is 5.87. The lowest BCUT2D eigenvalue weighted by Crippen LogP contribution is -2.47. The van der Waals surface area contributed by atoms with Crippen LogP contribution in [0.3, 0.4) is 0 Å². The number of carbonyl (C=O) groups excluding carboxylic acids is 4. The lowest BCUT2D eigenvalue weighted by Gasteiger charge is -2.24. The second-order valence-corrected chi connectivity index (χ2v) is 11.3. The summed E-state index contributed by atoms with van der Waals surface area (Å²) in [6, 6.07) is 7.23. The molecule has 0 saturated carbocycles. The first kappa shape index (κ1) is 40.1. The van der Waals surface area contributed by atoms with E-state index in [0.29, 0.717) is 65.0 Å². The van der Waals surface area contributed by atoms with Crippen molar-refractivity contribution in [3.8, 4) is 0 Å². The molecule has 1 aromatic carbocycles. The molecule has 2 rings (SSSR count). The van der Waals surface area contributed by atoms with Crippen molar-refractivity contribution in [3.63, 3.8) is 0 Å². The number of nitrogens with one attached hydrogen (secondary N) is 2. The molecule has 1 aromatic rings. The zero-order valence-electron chi connectivity index (χ0n) is 28.3. The van der Waals surface area contributed by atoms with Crippen LogP contribution < -0.4 is 16.4 Å². The SMILES string of the molecule is C=C1/C=C\C=C/C/C=C\c2ccccc2CN1C(=O)CCC(=O)NCCOCCOCCOCCOCCC(=O)N[C@H](C(N)=O)C(C)C. The lowest BCUT2D eigenvalue weighted by atomic mass is 10.0. The predicted octanol–water partition coefficient (Wildman–Crippen LogP) is 3.04. The van der Waals surface area contributed by atoms with Crippen LogP contribution in [0.2, 0.25) is 0 Å². The molecule has 0 fully saturated rings. The molecule has 0 saturated heterocycles. The van der Waals surface area contributed by atoms with Crippen molar-refractivity contribution in [3.05, 3.63) is 78.0 Å². The Hall–Kier alpha value is -4.10. The molecule has 1 aliphatic heterocycles. The van der Waals surface area contributed by atoms with Crippen molar-refractivity contribution in [1.82, 2.24) is 15.5 Å². The van der Waals surface area contributed by atoms with Crippen molar-refractivity contribution in [2.75, 3.05) is 59.4 Å². The van der Waals surface area contributed by atoms with Crippen LogP contribution in [0.4, 0.5) is 0 Å². The van der Waals surface area contributed by atoms with Crippen LogP contribution in [0.1, 0.15) is 50.7 Å². The summed E-state index contributed by atoms with van der Waals surface area (Å²) >= 11 is 0. The number of amides is 4. The van der Waals surface area contributed by atoms with E-state index in [4.69, 9.17) is 24.7 Å². The summed E-state index contributed by atoms with van der Waals surface area (Å²) < 4.78 is 21.8. The van der Waals surface area contributed by atoms with Crippen molar-refractivity contribution in [1.29, 1.82) is 0 Å². The van der Waals surface area contributed by atoms with Crippen LogP contribution in [-0.4, -0.2) is 94.0 Å². The molecule has 12 nitrogen and oxygen atoms in total. The summed E-state index contributed by atoms with van der Waals surface area (Å²) in [5.74, 6) is -1.33. The summed E-state index contributed by atoms with van der Waals surface area (Å²) in [4.78, 5) is 50.4. The molecule has 4 amide bonds. The average Bonchev–Trinajstić information content (AvgIpc) is 3.05. The molecule has 264 valence electrons. The lowest BCUT2D eigenvalue weighted by molar-refractivity contribution is -0.132. The Labute approximate surface area is 284 Å². The average molecular weight is 669 g/mol. The van der Waals surface area contributed by atoms with Gasteiger partial charge < -0.3 is 40.2 Å². The number of fused-ring (bicyclic) bond motifs is 1. The molecule has 0 aromatic heterocycles. The minimum absolute atomic E-state index is 0.0593. The van der Waals surface area contributed by atoms with Crippen molar-refractivity contribution < 1.29 is 38.1 Å². The number of primary amides is 1. The van der Waals surface area contributed by atoms with Crippen LogP contribution >= 0.6 is 0 Å². The first-order valence-corrected chi connectivity index (χ1v) is 16.4. The molecule has 1 heterocycles. The first-order chi connectivity index (χ1) is 23.2. The second kappa shape index (κ2) is 24.1. The molecule has 0 radical (unpaired) electrons. The van der Waals surface area contributed by atoms with E-state index in [2.05, 4.69) is 29.4 Å². The Balaban J connectivity index is 1.50. The van der Waals surface area contributed by atoms with E-state index in [1.54, 1.807) is 11.0 Å². The van der Waals surface area contributed by atoms with Crippen molar-refractivity contribution in [2.45, 2.75) is 52.1 Å². The molecule has 12 heteroatoms. The van der Waals surface area contributed by atoms with Crippen LogP contribution in [0.5, 0.6) is 0 Å². The summed E-state index contributed by atoms with van der Waals surface area (Å²) in [5.41, 5.74) is 7.91. The van der Waals surface area contributed by atoms with Gasteiger partial charge in [0.2, 0.25) is 23.6 Å². The van der Waals surface area contributed by atoms with Gasteiger partial charge in [-0.2, -0.15) is 0 Å². The standard InChI is InChI=1S/C36H52N4O8/c1-28(2)35(36(37)44)39-33(42)17-19-45-21-23-47-25-26-48-24-22-46-20-18-38-32(41)15-16-34(43)40-27-31-14-10-9-13-30(31)12-8-6-4-5-7-11-29(40)3/h4-5,7-14,28,35H,3,6,15-27H2,1-2H3,(H2,37,44)(H,38,41)(H,39,42)/b5-4-,11-7-,12-8-/t35-/m0/s1. The van der Waals surface area contributed by atoms with E-state index >= 15 is 0 Å². The Morgan fingerprint density at radius 2 is 1.46 bits per heavy atom. The van der Waals surface area contributed by atoms with Gasteiger partial charge in [-0.1, -0.05) is 75.1 Å². The number of allylic oxidation sites excluding steroid dienone is 5. The number of rotatable bonds is 21. The van der Waals surface area contributed by atoms with Crippen molar-refractivity contribution in [2.24, 2.45) is 11.7 Å². The number of hydrogen-bond donors (Lipinski definition) is 3. The Kier molecular flexibility index (Phi) is 20.1. The highest BCUT2D eigenvalue weighted by Crippen LogP contribution is 2.19. The van der Waals surface area contributed by atoms with Gasteiger partial charge in [-0.3, -0.25) is 19.2 Å². The molecule has 0 aliphatic carbocycles. The molecule has 1 atom stereocenters. The third kappa shape index (κ3) is 17.2. The minimum Gasteiger partial charge on any atom is -0.379 e. The first-order valence-electron chi connectivity index (χ1n) is 16.4. The van der Waals surface area contributed by atoms with Gasteiger partial charge in [0, 0.05) is 31.5 Å². The Bertz CT molecular complexity index is 1260. The van der Waals surface area contributed by atoms with Crippen molar-refractivity contribution >= 4 is 29.7 Å². The quantitative estimate of drug-likeness (QED) is 0.169. The highest BCUT2D eigenvalue weighted by Gasteiger charge is 2.21. The van der Waals surface area contributed by atoms with Gasteiger partial charge in [0.15, 0.2) is 0 Å². The smallest absolute Gasteiger partial charge is 0.240 e. The second-order valence-electron chi connectivity index (χ2n) is 11.3. The number of nitrogens with two attached hydrogens (primary N) is 1. The molecule has 0 unspecified atom stereocenters. The van der Waals surface area contributed by atoms with Crippen LogP contribution in [0.25, 0.3) is 6.08 Å². The van der Waals surface area contributed by atoms with E-state index < -0.39 is 11.9 Å². The predicted molar refractivity (Wildman–Crippen MR) is 184 cm³/mol. The number of benzene rings is 1.